The number of thiazole rings is 2. The zero-order valence-electron chi connectivity index (χ0n) is 46.6. The minimum absolute atomic E-state index is 0.00532. The molecule has 0 aliphatic heterocycles. The predicted octanol–water partition coefficient (Wildman–Crippen LogP) is 11.6. The van der Waals surface area contributed by atoms with Crippen LogP contribution in [0.5, 0.6) is 0 Å². The van der Waals surface area contributed by atoms with Crippen molar-refractivity contribution in [1.29, 1.82) is 0 Å². The molecule has 0 bridgehead atoms. The molecule has 9 rings (SSSR count). The highest BCUT2D eigenvalue weighted by Crippen LogP contribution is 2.42. The summed E-state index contributed by atoms with van der Waals surface area (Å²) in [6.45, 7) is 13.1. The van der Waals surface area contributed by atoms with Crippen LogP contribution in [-0.4, -0.2) is 127 Å². The molecule has 444 valence electrons. The number of anilines is 7. The van der Waals surface area contributed by atoms with Crippen LogP contribution in [0, 0.1) is 13.8 Å². The Morgan fingerprint density at radius 1 is 0.494 bits per heavy atom. The van der Waals surface area contributed by atoms with Gasteiger partial charge in [0.15, 0.2) is 0 Å². The summed E-state index contributed by atoms with van der Waals surface area (Å²) >= 11 is 2.27. The lowest BCUT2D eigenvalue weighted by atomic mass is 10.2. The summed E-state index contributed by atoms with van der Waals surface area (Å²) < 4.78 is 109. The van der Waals surface area contributed by atoms with Crippen LogP contribution < -0.4 is 25.3 Å². The van der Waals surface area contributed by atoms with Crippen molar-refractivity contribution in [3.05, 3.63) is 114 Å². The molecule has 3 aromatic heterocycles. The van der Waals surface area contributed by atoms with Gasteiger partial charge in [-0.25, -0.2) is 9.97 Å². The van der Waals surface area contributed by atoms with Gasteiger partial charge in [0.2, 0.25) is 17.8 Å². The molecule has 30 heteroatoms. The van der Waals surface area contributed by atoms with Gasteiger partial charge < -0.3 is 35.5 Å². The maximum atomic E-state index is 13.0. The third-order valence-electron chi connectivity index (χ3n) is 13.4. The molecule has 0 fully saturated rings. The van der Waals surface area contributed by atoms with E-state index in [0.29, 0.717) is 42.4 Å². The zero-order chi connectivity index (χ0) is 61.0. The Bertz CT molecular complexity index is 4400. The van der Waals surface area contributed by atoms with Crippen LogP contribution in [0.25, 0.3) is 41.6 Å². The lowest BCUT2D eigenvalue weighted by molar-refractivity contribution is 0.280. The number of hydrogen-bond acceptors (Lipinski definition) is 24. The number of aliphatic hydroxyl groups excluding tert-OH is 2. The van der Waals surface area contributed by atoms with Gasteiger partial charge in [0, 0.05) is 61.8 Å². The van der Waals surface area contributed by atoms with Gasteiger partial charge in [-0.05, 0) is 144 Å². The molecule has 0 unspecified atom stereocenters. The van der Waals surface area contributed by atoms with Crippen molar-refractivity contribution in [1.82, 2.24) is 24.9 Å². The molecule has 3 heterocycles. The lowest BCUT2D eigenvalue weighted by Gasteiger charge is -2.24. The van der Waals surface area contributed by atoms with Crippen LogP contribution in [-0.2, 0) is 30.4 Å². The number of azo groups is 2. The van der Waals surface area contributed by atoms with Gasteiger partial charge >= 0.3 is 0 Å². The molecule has 0 aliphatic rings. The largest absolute Gasteiger partial charge is 0.395 e. The highest BCUT2D eigenvalue weighted by atomic mass is 32.2. The molecule has 0 atom stereocenters. The standard InChI is InChI=1S/C55H58N14O11S5/c1-7-67(8-2)36-15-21-38(63-65-41-19-13-34(28-47(41)83(72,73)74)51-56-40-17-11-32(5)27-46(40)81-51)44(30-36)58-53-60-54(62-55(61-53)69(23-25-70)24-26-71)59-45-31-37(68(9-3)10-4)16-22-39(45)64-66-42-20-14-35(29-48(42)84(75,76)77)52-57-43-18-12-33(6)50(49(43)82-52)85(78,79)80/h11-22,27-31,70-71H,7-10,23-26H2,1-6H3,(H,72,73,74)(H,75,76,77)(H,78,79,80)(H2,58,59,60,61,62). The molecule has 0 aliphatic carbocycles. The first-order valence-electron chi connectivity index (χ1n) is 26.4. The van der Waals surface area contributed by atoms with Crippen LogP contribution in [0.1, 0.15) is 38.8 Å². The van der Waals surface area contributed by atoms with Crippen LogP contribution >= 0.6 is 22.7 Å². The van der Waals surface area contributed by atoms with E-state index in [1.165, 1.54) is 53.5 Å². The van der Waals surface area contributed by atoms with E-state index in [2.05, 4.69) is 50.9 Å². The molecule has 0 amide bonds. The van der Waals surface area contributed by atoms with Crippen molar-refractivity contribution in [2.75, 3.05) is 77.8 Å². The van der Waals surface area contributed by atoms with Crippen molar-refractivity contribution in [2.24, 2.45) is 20.5 Å². The summed E-state index contributed by atoms with van der Waals surface area (Å²) in [5, 5.41) is 45.1. The molecule has 25 nitrogen and oxygen atoms in total. The number of aliphatic hydroxyl groups is 2. The Balaban J connectivity index is 1.11. The molecule has 0 saturated heterocycles. The second-order valence-corrected chi connectivity index (χ2v) is 25.1. The minimum Gasteiger partial charge on any atom is -0.395 e. The molecule has 0 saturated carbocycles. The molecule has 0 radical (unpaired) electrons. The number of nitrogens with one attached hydrogen (secondary N) is 2. The maximum Gasteiger partial charge on any atom is 0.296 e. The summed E-state index contributed by atoms with van der Waals surface area (Å²) in [7, 11) is -14.5. The summed E-state index contributed by atoms with van der Waals surface area (Å²) in [6, 6.07) is 27.5. The maximum absolute atomic E-state index is 13.0. The van der Waals surface area contributed by atoms with Crippen LogP contribution in [0.4, 0.5) is 63.3 Å². The van der Waals surface area contributed by atoms with Crippen molar-refractivity contribution in [2.45, 2.75) is 56.2 Å². The van der Waals surface area contributed by atoms with Crippen LogP contribution in [0.15, 0.2) is 138 Å². The third kappa shape index (κ3) is 14.1. The van der Waals surface area contributed by atoms with Gasteiger partial charge in [0.1, 0.15) is 47.5 Å². The molecule has 85 heavy (non-hydrogen) atoms. The SMILES string of the molecule is CCN(CC)c1ccc(N=Nc2ccc(-c3nc4ccc(C)cc4s3)cc2S(=O)(=O)O)c(Nc2nc(Nc3cc(N(CC)CC)ccc3N=Nc3ccc(-c4nc5ccc(C)c(S(=O)(=O)O)c5s4)cc3S(=O)(=O)O)nc(N(CCO)CCO)n2)c1. The van der Waals surface area contributed by atoms with E-state index in [1.54, 1.807) is 42.5 Å². The second-order valence-electron chi connectivity index (χ2n) is 19.0. The summed E-state index contributed by atoms with van der Waals surface area (Å²) in [6.07, 6.45) is 0. The van der Waals surface area contributed by atoms with Crippen molar-refractivity contribution >= 4 is 137 Å². The fourth-order valence-electron chi connectivity index (χ4n) is 9.16. The van der Waals surface area contributed by atoms with Gasteiger partial charge in [-0.1, -0.05) is 12.1 Å². The van der Waals surface area contributed by atoms with Gasteiger partial charge in [-0.2, -0.15) is 40.2 Å². The normalized spacial score (nSPS) is 12.3. The molecule has 6 aromatic carbocycles. The van der Waals surface area contributed by atoms with E-state index >= 15 is 0 Å². The van der Waals surface area contributed by atoms with Crippen molar-refractivity contribution < 1.29 is 49.1 Å². The van der Waals surface area contributed by atoms with E-state index in [4.69, 9.17) is 15.0 Å². The van der Waals surface area contributed by atoms with Gasteiger partial charge in [-0.15, -0.1) is 43.1 Å². The average molecular weight is 1250 g/mol. The Kier molecular flexibility index (Phi) is 18.6. The van der Waals surface area contributed by atoms with Gasteiger partial charge in [-0.3, -0.25) is 13.7 Å². The summed E-state index contributed by atoms with van der Waals surface area (Å²) in [4.78, 5) is 27.5. The topological polar surface area (TPSA) is 351 Å². The number of fused-ring (bicyclic) bond motifs is 2. The first-order chi connectivity index (χ1) is 40.5. The smallest absolute Gasteiger partial charge is 0.296 e. The molecule has 7 N–H and O–H groups in total. The average Bonchev–Trinajstić information content (AvgIpc) is 2.27. The Morgan fingerprint density at radius 2 is 0.953 bits per heavy atom. The van der Waals surface area contributed by atoms with Crippen LogP contribution in [0.3, 0.4) is 0 Å². The molecule has 9 aromatic rings. The predicted molar refractivity (Wildman–Crippen MR) is 330 cm³/mol. The quantitative estimate of drug-likeness (QED) is 0.0218. The fourth-order valence-corrected chi connectivity index (χ4v) is 13.8. The Hall–Kier alpha value is -8.04. The Labute approximate surface area is 497 Å². The number of nitrogens with zero attached hydrogens (tertiary/aromatic N) is 12. The third-order valence-corrected chi connectivity index (χ3v) is 18.5. The molecular weight excluding hydrogens is 1190 g/mol. The lowest BCUT2D eigenvalue weighted by Crippen LogP contribution is -2.31. The highest BCUT2D eigenvalue weighted by molar-refractivity contribution is 7.86. The zero-order valence-corrected chi connectivity index (χ0v) is 50.6. The van der Waals surface area contributed by atoms with E-state index in [-0.39, 0.29) is 104 Å². The van der Waals surface area contributed by atoms with Gasteiger partial charge in [0.05, 0.1) is 45.0 Å². The number of aromatic nitrogens is 5. The monoisotopic (exact) mass is 1250 g/mol. The Morgan fingerprint density at radius 3 is 1.42 bits per heavy atom. The molecular formula is C55H58N14O11S5. The second kappa shape index (κ2) is 25.7. The van der Waals surface area contributed by atoms with Crippen molar-refractivity contribution in [3.63, 3.8) is 0 Å². The highest BCUT2D eigenvalue weighted by Gasteiger charge is 2.25. The van der Waals surface area contributed by atoms with E-state index in [9.17, 15) is 49.1 Å². The summed E-state index contributed by atoms with van der Waals surface area (Å²) in [5.74, 6) is -0.156. The summed E-state index contributed by atoms with van der Waals surface area (Å²) in [5.41, 5.74) is 4.84. The molecule has 0 spiro atoms. The number of benzene rings is 6. The first kappa shape index (κ1) is 61.5. The minimum atomic E-state index is -4.99. The first-order valence-corrected chi connectivity index (χ1v) is 32.3. The number of hydrogen-bond donors (Lipinski definition) is 7. The van der Waals surface area contributed by atoms with E-state index in [1.807, 2.05) is 58.9 Å². The number of rotatable bonds is 24. The van der Waals surface area contributed by atoms with E-state index < -0.39 is 40.1 Å². The van der Waals surface area contributed by atoms with E-state index in [0.717, 1.165) is 44.6 Å². The van der Waals surface area contributed by atoms with Crippen molar-refractivity contribution in [3.8, 4) is 21.1 Å². The fraction of sp³-hybridized carbons (Fsp3) is 0.255. The number of aryl methyl sites for hydroxylation is 2. The van der Waals surface area contributed by atoms with Gasteiger partial charge in [0.25, 0.3) is 30.4 Å². The van der Waals surface area contributed by atoms with Crippen LogP contribution in [0.2, 0.25) is 0 Å².